The van der Waals surface area contributed by atoms with Crippen LogP contribution in [-0.2, 0) is 4.79 Å². The summed E-state index contributed by atoms with van der Waals surface area (Å²) in [4.78, 5) is 12.3. The van der Waals surface area contributed by atoms with Gasteiger partial charge < -0.3 is 11.2 Å². The van der Waals surface area contributed by atoms with Crippen molar-refractivity contribution in [1.29, 1.82) is 0 Å². The number of nitrogen functional groups attached to an aromatic ring is 1. The lowest BCUT2D eigenvalue weighted by Crippen LogP contribution is -2.17. The van der Waals surface area contributed by atoms with Crippen molar-refractivity contribution in [3.8, 4) is 0 Å². The molecule has 0 radical (unpaired) electrons. The van der Waals surface area contributed by atoms with E-state index in [-0.39, 0.29) is 17.6 Å². The van der Waals surface area contributed by atoms with Crippen LogP contribution in [0.4, 0.5) is 5.69 Å². The molecule has 0 aliphatic carbocycles. The van der Waals surface area contributed by atoms with Crippen LogP contribution >= 0.6 is 11.8 Å². The van der Waals surface area contributed by atoms with Crippen molar-refractivity contribution < 1.29 is 4.79 Å². The number of amides is 1. The maximum atomic E-state index is 12.3. The molecule has 1 aromatic heterocycles. The molecule has 1 heterocycles. The van der Waals surface area contributed by atoms with Crippen molar-refractivity contribution in [2.45, 2.75) is 24.9 Å². The van der Waals surface area contributed by atoms with Gasteiger partial charge in [-0.25, -0.2) is 4.68 Å². The first-order valence-corrected chi connectivity index (χ1v) is 8.65. The number of fused-ring (bicyclic) bond motifs is 1. The van der Waals surface area contributed by atoms with Crippen LogP contribution in [0.2, 0.25) is 0 Å². The number of benzene rings is 2. The summed E-state index contributed by atoms with van der Waals surface area (Å²) in [5.41, 5.74) is 0.802. The molecule has 0 aliphatic heterocycles. The van der Waals surface area contributed by atoms with Crippen LogP contribution in [0.1, 0.15) is 25.6 Å². The highest BCUT2D eigenvalue weighted by Gasteiger charge is 2.14. The number of nitrogens with zero attached hydrogens (tertiary/aromatic N) is 3. The molecule has 1 amide bonds. The third kappa shape index (κ3) is 3.35. The second kappa shape index (κ2) is 6.92. The minimum atomic E-state index is -0.106. The topological polar surface area (TPSA) is 85.8 Å². The SMILES string of the molecule is CC(C)c1nnc(SCC(=O)Nc2cccc3ccccc23)n1N. The van der Waals surface area contributed by atoms with Gasteiger partial charge >= 0.3 is 0 Å². The van der Waals surface area contributed by atoms with Gasteiger partial charge in [0.1, 0.15) is 0 Å². The van der Waals surface area contributed by atoms with Crippen LogP contribution in [0.25, 0.3) is 10.8 Å². The van der Waals surface area contributed by atoms with E-state index in [1.165, 1.54) is 16.4 Å². The van der Waals surface area contributed by atoms with E-state index in [4.69, 9.17) is 5.84 Å². The van der Waals surface area contributed by atoms with Crippen molar-refractivity contribution in [3.63, 3.8) is 0 Å². The Balaban J connectivity index is 1.68. The van der Waals surface area contributed by atoms with Gasteiger partial charge in [-0.1, -0.05) is 62.0 Å². The fourth-order valence-corrected chi connectivity index (χ4v) is 3.09. The number of hydrogen-bond acceptors (Lipinski definition) is 5. The Morgan fingerprint density at radius 1 is 1.21 bits per heavy atom. The standard InChI is InChI=1S/C17H19N5OS/c1-11(2)16-20-21-17(22(16)18)24-10-15(23)19-14-9-5-7-12-6-3-4-8-13(12)14/h3-9,11H,10,18H2,1-2H3,(H,19,23). The zero-order valence-electron chi connectivity index (χ0n) is 13.6. The van der Waals surface area contributed by atoms with E-state index in [0.717, 1.165) is 16.5 Å². The Kier molecular flexibility index (Phi) is 4.71. The summed E-state index contributed by atoms with van der Waals surface area (Å²) < 4.78 is 1.44. The molecular weight excluding hydrogens is 322 g/mol. The largest absolute Gasteiger partial charge is 0.336 e. The van der Waals surface area contributed by atoms with Crippen LogP contribution < -0.4 is 11.2 Å². The molecule has 6 nitrogen and oxygen atoms in total. The summed E-state index contributed by atoms with van der Waals surface area (Å²) in [5, 5.41) is 13.7. The third-order valence-electron chi connectivity index (χ3n) is 3.60. The number of hydrogen-bond donors (Lipinski definition) is 2. The minimum Gasteiger partial charge on any atom is -0.336 e. The maximum absolute atomic E-state index is 12.3. The van der Waals surface area contributed by atoms with E-state index < -0.39 is 0 Å². The molecule has 0 spiro atoms. The molecule has 7 heteroatoms. The zero-order valence-corrected chi connectivity index (χ0v) is 14.4. The number of carbonyl (C=O) groups excluding carboxylic acids is 1. The van der Waals surface area contributed by atoms with Crippen LogP contribution in [-0.4, -0.2) is 26.5 Å². The van der Waals surface area contributed by atoms with Crippen molar-refractivity contribution in [3.05, 3.63) is 48.3 Å². The monoisotopic (exact) mass is 341 g/mol. The number of nitrogens with two attached hydrogens (primary N) is 1. The number of aromatic nitrogens is 3. The quantitative estimate of drug-likeness (QED) is 0.550. The van der Waals surface area contributed by atoms with Crippen molar-refractivity contribution in [1.82, 2.24) is 14.9 Å². The lowest BCUT2D eigenvalue weighted by molar-refractivity contribution is -0.113. The van der Waals surface area contributed by atoms with E-state index in [2.05, 4.69) is 15.5 Å². The molecule has 0 bridgehead atoms. The Hall–Kier alpha value is -2.54. The first-order chi connectivity index (χ1) is 11.6. The summed E-state index contributed by atoms with van der Waals surface area (Å²) in [5.74, 6) is 6.95. The molecule has 0 saturated heterocycles. The highest BCUT2D eigenvalue weighted by Crippen LogP contribution is 2.24. The molecule has 2 aromatic carbocycles. The zero-order chi connectivity index (χ0) is 17.1. The smallest absolute Gasteiger partial charge is 0.234 e. The van der Waals surface area contributed by atoms with Gasteiger partial charge in [-0.15, -0.1) is 10.2 Å². The second-order valence-electron chi connectivity index (χ2n) is 5.73. The van der Waals surface area contributed by atoms with Crippen molar-refractivity contribution in [2.75, 3.05) is 16.9 Å². The van der Waals surface area contributed by atoms with Gasteiger partial charge in [0.2, 0.25) is 11.1 Å². The molecule has 0 atom stereocenters. The van der Waals surface area contributed by atoms with Gasteiger partial charge in [-0.2, -0.15) is 0 Å². The fraction of sp³-hybridized carbons (Fsp3) is 0.235. The van der Waals surface area contributed by atoms with Gasteiger partial charge in [0, 0.05) is 17.0 Å². The first kappa shape index (κ1) is 16.3. The minimum absolute atomic E-state index is 0.106. The summed E-state index contributed by atoms with van der Waals surface area (Å²) in [7, 11) is 0. The van der Waals surface area contributed by atoms with Gasteiger partial charge in [-0.05, 0) is 11.5 Å². The number of carbonyl (C=O) groups is 1. The molecule has 24 heavy (non-hydrogen) atoms. The fourth-order valence-electron chi connectivity index (χ4n) is 2.43. The van der Waals surface area contributed by atoms with Crippen LogP contribution in [0.5, 0.6) is 0 Å². The van der Waals surface area contributed by atoms with E-state index in [0.29, 0.717) is 11.0 Å². The van der Waals surface area contributed by atoms with E-state index >= 15 is 0 Å². The van der Waals surface area contributed by atoms with Gasteiger partial charge in [-0.3, -0.25) is 4.79 Å². The lowest BCUT2D eigenvalue weighted by Gasteiger charge is -2.09. The first-order valence-electron chi connectivity index (χ1n) is 7.67. The molecule has 0 unspecified atom stereocenters. The molecule has 3 aromatic rings. The van der Waals surface area contributed by atoms with Crippen LogP contribution in [0.3, 0.4) is 0 Å². The van der Waals surface area contributed by atoms with E-state index in [1.807, 2.05) is 56.3 Å². The van der Waals surface area contributed by atoms with E-state index in [1.54, 1.807) is 0 Å². The Bertz CT molecular complexity index is 869. The predicted molar refractivity (Wildman–Crippen MR) is 97.6 cm³/mol. The highest BCUT2D eigenvalue weighted by atomic mass is 32.2. The predicted octanol–water partition coefficient (Wildman–Crippen LogP) is 3.00. The molecule has 3 rings (SSSR count). The number of rotatable bonds is 5. The summed E-state index contributed by atoms with van der Waals surface area (Å²) in [6, 6.07) is 13.8. The molecule has 3 N–H and O–H groups in total. The molecule has 0 fully saturated rings. The van der Waals surface area contributed by atoms with Crippen molar-refractivity contribution in [2.24, 2.45) is 0 Å². The molecular formula is C17H19N5OS. The normalized spacial score (nSPS) is 11.1. The Morgan fingerprint density at radius 2 is 1.96 bits per heavy atom. The molecule has 0 aliphatic rings. The lowest BCUT2D eigenvalue weighted by atomic mass is 10.1. The Labute approximate surface area is 144 Å². The third-order valence-corrected chi connectivity index (χ3v) is 4.55. The number of nitrogens with one attached hydrogen (secondary N) is 1. The average Bonchev–Trinajstić information content (AvgIpc) is 2.94. The van der Waals surface area contributed by atoms with Crippen LogP contribution in [0, 0.1) is 0 Å². The highest BCUT2D eigenvalue weighted by molar-refractivity contribution is 7.99. The van der Waals surface area contributed by atoms with Gasteiger partial charge in [0.25, 0.3) is 0 Å². The summed E-state index contributed by atoms with van der Waals surface area (Å²) in [6.45, 7) is 3.99. The maximum Gasteiger partial charge on any atom is 0.234 e. The molecule has 0 saturated carbocycles. The number of anilines is 1. The van der Waals surface area contributed by atoms with Gasteiger partial charge in [0.05, 0.1) is 5.75 Å². The van der Waals surface area contributed by atoms with Crippen molar-refractivity contribution >= 4 is 34.1 Å². The van der Waals surface area contributed by atoms with Gasteiger partial charge in [0.15, 0.2) is 5.82 Å². The summed E-state index contributed by atoms with van der Waals surface area (Å²) in [6.07, 6.45) is 0. The molecule has 124 valence electrons. The van der Waals surface area contributed by atoms with E-state index in [9.17, 15) is 4.79 Å². The summed E-state index contributed by atoms with van der Waals surface area (Å²) >= 11 is 1.27. The Morgan fingerprint density at radius 3 is 2.71 bits per heavy atom. The van der Waals surface area contributed by atoms with Crippen LogP contribution in [0.15, 0.2) is 47.6 Å². The number of thioether (sulfide) groups is 1. The second-order valence-corrected chi connectivity index (χ2v) is 6.67. The average molecular weight is 341 g/mol.